The molecule has 0 amide bonds. The number of aromatic carboxylic acids is 1. The van der Waals surface area contributed by atoms with Crippen LogP contribution < -0.4 is 9.57 Å². The highest BCUT2D eigenvalue weighted by Gasteiger charge is 2.34. The van der Waals surface area contributed by atoms with Crippen molar-refractivity contribution in [3.05, 3.63) is 94.0 Å². The third kappa shape index (κ3) is 3.89. The lowest BCUT2D eigenvalue weighted by molar-refractivity contribution is 0.0381. The van der Waals surface area contributed by atoms with Gasteiger partial charge in [-0.1, -0.05) is 6.07 Å². The number of carboxylic acids is 1. The number of nitrogens with zero attached hydrogens (tertiary/aromatic N) is 1. The number of carbonyl (C=O) groups is 2. The Balaban J connectivity index is 1.67. The number of aromatic hydroxyl groups is 4. The third-order valence-electron chi connectivity index (χ3n) is 5.80. The zero-order valence-corrected chi connectivity index (χ0v) is 18.3. The molecule has 0 saturated heterocycles. The van der Waals surface area contributed by atoms with Crippen LogP contribution in [0.4, 0.5) is 8.78 Å². The minimum absolute atomic E-state index is 0.00307. The molecule has 188 valence electrons. The molecule has 3 aromatic carbocycles. The van der Waals surface area contributed by atoms with Gasteiger partial charge in [0.05, 0.1) is 11.1 Å². The Morgan fingerprint density at radius 2 is 1.32 bits per heavy atom. The van der Waals surface area contributed by atoms with Crippen molar-refractivity contribution in [3.8, 4) is 34.8 Å². The number of phenolic OH excluding ortho intramolecular Hbond substituents is 2. The number of halogens is 2. The van der Waals surface area contributed by atoms with Crippen LogP contribution in [0.3, 0.4) is 0 Å². The van der Waals surface area contributed by atoms with Crippen LogP contribution in [0, 0.1) is 11.6 Å². The molecule has 0 spiro atoms. The number of carbonyl (C=O) groups excluding carboxylic acids is 1. The van der Waals surface area contributed by atoms with E-state index < -0.39 is 58.3 Å². The average molecular weight is 511 g/mol. The van der Waals surface area contributed by atoms with Crippen LogP contribution >= 0.6 is 0 Å². The minimum atomic E-state index is -1.50. The highest BCUT2D eigenvalue weighted by molar-refractivity contribution is 5.96. The number of carboxylic acid groups (broad SMARTS) is 1. The van der Waals surface area contributed by atoms with Gasteiger partial charge in [0.25, 0.3) is 0 Å². The maximum absolute atomic E-state index is 14.3. The predicted octanol–water partition coefficient (Wildman–Crippen LogP) is 3.84. The maximum Gasteiger partial charge on any atom is 0.363 e. The largest absolute Gasteiger partial charge is 0.505 e. The van der Waals surface area contributed by atoms with Crippen LogP contribution in [0.1, 0.15) is 43.3 Å². The standard InChI is InChI=1S/C25H15F2NO9/c26-15-6-13-19(8-17(15)29)36-20-9-18(30)16(27)7-14(20)23(13)11-2-1-10(5-12(11)24(33)34)25(35)37-28-21(31)3-4-22(28)32/h1-9,23,29-32H,(H,33,34). The molecule has 4 aromatic rings. The molecule has 0 saturated carbocycles. The van der Waals surface area contributed by atoms with Crippen LogP contribution in [0.2, 0.25) is 0 Å². The summed E-state index contributed by atoms with van der Waals surface area (Å²) in [7, 11) is 0. The van der Waals surface area contributed by atoms with E-state index in [4.69, 9.17) is 9.57 Å². The summed E-state index contributed by atoms with van der Waals surface area (Å²) in [5.41, 5.74) is -0.631. The van der Waals surface area contributed by atoms with E-state index in [1.807, 2.05) is 0 Å². The Kier molecular flexibility index (Phi) is 5.36. The summed E-state index contributed by atoms with van der Waals surface area (Å²) in [5.74, 6) is -8.68. The summed E-state index contributed by atoms with van der Waals surface area (Å²) in [5, 5.41) is 48.9. The van der Waals surface area contributed by atoms with E-state index in [0.717, 1.165) is 42.5 Å². The Bertz CT molecular complexity index is 1540. The van der Waals surface area contributed by atoms with Crippen molar-refractivity contribution in [1.82, 2.24) is 4.73 Å². The van der Waals surface area contributed by atoms with Gasteiger partial charge in [0, 0.05) is 41.3 Å². The molecule has 1 aliphatic rings. The lowest BCUT2D eigenvalue weighted by Crippen LogP contribution is -2.21. The van der Waals surface area contributed by atoms with E-state index in [1.54, 1.807) is 0 Å². The van der Waals surface area contributed by atoms with Crippen LogP contribution in [0.25, 0.3) is 0 Å². The molecule has 12 heteroatoms. The van der Waals surface area contributed by atoms with Gasteiger partial charge in [0.1, 0.15) is 11.5 Å². The molecule has 5 rings (SSSR count). The Labute approximate surface area is 205 Å². The van der Waals surface area contributed by atoms with Gasteiger partial charge in [-0.05, 0) is 29.8 Å². The van der Waals surface area contributed by atoms with E-state index in [0.29, 0.717) is 4.73 Å². The second kappa shape index (κ2) is 8.45. The molecule has 0 unspecified atom stereocenters. The van der Waals surface area contributed by atoms with Crippen molar-refractivity contribution < 1.29 is 53.5 Å². The number of benzene rings is 3. The molecule has 0 atom stereocenters. The highest BCUT2D eigenvalue weighted by atomic mass is 19.1. The summed E-state index contributed by atoms with van der Waals surface area (Å²) >= 11 is 0. The van der Waals surface area contributed by atoms with Gasteiger partial charge < -0.3 is 35.1 Å². The predicted molar refractivity (Wildman–Crippen MR) is 119 cm³/mol. The van der Waals surface area contributed by atoms with E-state index in [2.05, 4.69) is 0 Å². The Morgan fingerprint density at radius 3 is 1.84 bits per heavy atom. The molecule has 2 heterocycles. The first-order valence-electron chi connectivity index (χ1n) is 10.5. The quantitative estimate of drug-likeness (QED) is 0.242. The van der Waals surface area contributed by atoms with Gasteiger partial charge in [-0.2, -0.15) is 0 Å². The SMILES string of the molecule is O=C(On1c(O)ccc1O)c1ccc(C2c3cc(F)c(O)cc3Oc3cc(O)c(F)cc32)c(C(=O)O)c1. The number of hydrogen-bond acceptors (Lipinski definition) is 8. The van der Waals surface area contributed by atoms with E-state index >= 15 is 0 Å². The second-order valence-corrected chi connectivity index (χ2v) is 8.05. The van der Waals surface area contributed by atoms with Crippen molar-refractivity contribution in [2.45, 2.75) is 5.92 Å². The third-order valence-corrected chi connectivity index (χ3v) is 5.80. The van der Waals surface area contributed by atoms with Crippen molar-refractivity contribution in [1.29, 1.82) is 0 Å². The first kappa shape index (κ1) is 23.5. The van der Waals surface area contributed by atoms with E-state index in [1.165, 1.54) is 12.1 Å². The summed E-state index contributed by atoms with van der Waals surface area (Å²) in [6.45, 7) is 0. The van der Waals surface area contributed by atoms with Crippen LogP contribution in [0.5, 0.6) is 34.8 Å². The normalized spacial score (nSPS) is 12.4. The van der Waals surface area contributed by atoms with Crippen LogP contribution in [-0.4, -0.2) is 42.2 Å². The summed E-state index contributed by atoms with van der Waals surface area (Å²) in [6, 6.07) is 9.23. The van der Waals surface area contributed by atoms with Gasteiger partial charge in [-0.25, -0.2) is 18.4 Å². The summed E-state index contributed by atoms with van der Waals surface area (Å²) in [4.78, 5) is 29.7. The van der Waals surface area contributed by atoms with Crippen molar-refractivity contribution in [2.24, 2.45) is 0 Å². The fourth-order valence-electron chi connectivity index (χ4n) is 4.12. The lowest BCUT2D eigenvalue weighted by atomic mass is 9.80. The number of hydrogen-bond donors (Lipinski definition) is 5. The molecule has 0 radical (unpaired) electrons. The molecule has 0 bridgehead atoms. The average Bonchev–Trinajstić information content (AvgIpc) is 3.16. The minimum Gasteiger partial charge on any atom is -0.505 e. The van der Waals surface area contributed by atoms with Gasteiger partial charge in [-0.3, -0.25) is 0 Å². The molecular formula is C25H15F2NO9. The monoisotopic (exact) mass is 511 g/mol. The van der Waals surface area contributed by atoms with Crippen LogP contribution in [0.15, 0.2) is 54.6 Å². The maximum atomic E-state index is 14.3. The molecular weight excluding hydrogens is 496 g/mol. The molecule has 1 aliphatic heterocycles. The van der Waals surface area contributed by atoms with Gasteiger partial charge in [-0.15, -0.1) is 4.73 Å². The van der Waals surface area contributed by atoms with Crippen molar-refractivity contribution in [3.63, 3.8) is 0 Å². The Hall–Kier alpha value is -5.26. The highest BCUT2D eigenvalue weighted by Crippen LogP contribution is 2.50. The second-order valence-electron chi connectivity index (χ2n) is 8.05. The lowest BCUT2D eigenvalue weighted by Gasteiger charge is -2.30. The number of phenols is 2. The Morgan fingerprint density at radius 1 is 0.784 bits per heavy atom. The smallest absolute Gasteiger partial charge is 0.363 e. The number of ether oxygens (including phenoxy) is 1. The topological polar surface area (TPSA) is 159 Å². The first-order valence-corrected chi connectivity index (χ1v) is 10.5. The zero-order chi connectivity index (χ0) is 26.6. The van der Waals surface area contributed by atoms with E-state index in [9.17, 15) is 43.9 Å². The summed E-state index contributed by atoms with van der Waals surface area (Å²) in [6.07, 6.45) is 0. The molecule has 1 aromatic heterocycles. The van der Waals surface area contributed by atoms with E-state index in [-0.39, 0.29) is 33.8 Å². The van der Waals surface area contributed by atoms with Gasteiger partial charge in [0.2, 0.25) is 11.8 Å². The number of fused-ring (bicyclic) bond motifs is 2. The fraction of sp³-hybridized carbons (Fsp3) is 0.0400. The van der Waals surface area contributed by atoms with Crippen molar-refractivity contribution in [2.75, 3.05) is 0 Å². The van der Waals surface area contributed by atoms with Crippen LogP contribution in [-0.2, 0) is 0 Å². The van der Waals surface area contributed by atoms with Crippen molar-refractivity contribution >= 4 is 11.9 Å². The van der Waals surface area contributed by atoms with Gasteiger partial charge >= 0.3 is 11.9 Å². The number of rotatable bonds is 4. The number of aromatic nitrogens is 1. The molecule has 0 aliphatic carbocycles. The molecule has 37 heavy (non-hydrogen) atoms. The fourth-order valence-corrected chi connectivity index (χ4v) is 4.12. The molecule has 0 fully saturated rings. The molecule has 10 nitrogen and oxygen atoms in total. The first-order chi connectivity index (χ1) is 17.5. The molecule has 5 N–H and O–H groups in total. The zero-order valence-electron chi connectivity index (χ0n) is 18.3. The van der Waals surface area contributed by atoms with Gasteiger partial charge in [0.15, 0.2) is 23.1 Å². The summed E-state index contributed by atoms with van der Waals surface area (Å²) < 4.78 is 34.7.